The Labute approximate surface area is 418 Å². The van der Waals surface area contributed by atoms with Crippen LogP contribution in [-0.4, -0.2) is 181 Å². The number of carbonyl (C=O) groups excluding carboxylic acids is 1. The Hall–Kier alpha value is -3.02. The second kappa shape index (κ2) is 24.1. The van der Waals surface area contributed by atoms with E-state index in [-0.39, 0.29) is 37.0 Å². The molecule has 4 heterocycles. The highest BCUT2D eigenvalue weighted by atomic mass is 19.4. The molecule has 0 radical (unpaired) electrons. The standard InChI is InChI=1S/C51H84F3N5O12/c1-14-40-50(10,65)43(61)33(6)58(12)27-29(2)25-48(8,64)45(31(4)41(32(5)46(63)69-40)39-26-49(9,66-13)44(62)34(7)68-39)70-47-42(60)38(24-30(3)67-47)57(11)22-15-16-36-28-59(56-55-36)23-21-35-17-19-37(20-18-35)71-51(52,53)54/h17-20,28-34,38-45,47,60-62,64-65H,14-16,21-27H2,1-13H3/t29-,30-,31+,32-,33-,34+,38+,39?,40-,41+,42-,43-,44+,45-,47+,48-,49-,50-/m1/s1. The van der Waals surface area contributed by atoms with Crippen molar-refractivity contribution in [3.63, 3.8) is 0 Å². The van der Waals surface area contributed by atoms with E-state index < -0.39 is 108 Å². The number of aryl methyl sites for hydroxylation is 3. The zero-order valence-electron chi connectivity index (χ0n) is 44.1. The maximum absolute atomic E-state index is 14.6. The smallest absolute Gasteiger partial charge is 0.459 e. The van der Waals surface area contributed by atoms with Gasteiger partial charge in [0, 0.05) is 50.8 Å². The Balaban J connectivity index is 1.38. The van der Waals surface area contributed by atoms with Gasteiger partial charge >= 0.3 is 12.3 Å². The molecule has 0 bridgehead atoms. The van der Waals surface area contributed by atoms with Crippen LogP contribution in [0.1, 0.15) is 113 Å². The largest absolute Gasteiger partial charge is 0.573 e. The zero-order chi connectivity index (χ0) is 53.0. The summed E-state index contributed by atoms with van der Waals surface area (Å²) in [6, 6.07) is 4.74. The molecule has 17 nitrogen and oxygen atoms in total. The van der Waals surface area contributed by atoms with Gasteiger partial charge in [-0.2, -0.15) is 0 Å². The monoisotopic (exact) mass is 1020 g/mol. The number of hydrogen-bond acceptors (Lipinski definition) is 16. The predicted octanol–water partition coefficient (Wildman–Crippen LogP) is 4.91. The van der Waals surface area contributed by atoms with Crippen molar-refractivity contribution in [1.82, 2.24) is 24.8 Å². The van der Waals surface area contributed by atoms with Crippen LogP contribution in [0.4, 0.5) is 13.2 Å². The number of aromatic nitrogens is 3. The maximum Gasteiger partial charge on any atom is 0.573 e. The van der Waals surface area contributed by atoms with Crippen molar-refractivity contribution in [3.8, 4) is 5.75 Å². The van der Waals surface area contributed by atoms with Gasteiger partial charge in [0.15, 0.2) is 6.29 Å². The quantitative estimate of drug-likeness (QED) is 0.159. The lowest BCUT2D eigenvalue weighted by Crippen LogP contribution is -2.62. The molecule has 20 heteroatoms. The highest BCUT2D eigenvalue weighted by Crippen LogP contribution is 2.45. The predicted molar refractivity (Wildman–Crippen MR) is 257 cm³/mol. The Morgan fingerprint density at radius 2 is 1.62 bits per heavy atom. The molecular weight excluding hydrogens is 932 g/mol. The van der Waals surface area contributed by atoms with Crippen LogP contribution >= 0.6 is 0 Å². The summed E-state index contributed by atoms with van der Waals surface area (Å²) >= 11 is 0. The van der Waals surface area contributed by atoms with Gasteiger partial charge in [-0.1, -0.05) is 45.0 Å². The number of esters is 1. The normalized spacial score (nSPS) is 39.7. The molecule has 5 N–H and O–H groups in total. The van der Waals surface area contributed by atoms with Crippen LogP contribution < -0.4 is 4.74 Å². The zero-order valence-corrected chi connectivity index (χ0v) is 44.1. The van der Waals surface area contributed by atoms with Crippen LogP contribution in [0.2, 0.25) is 0 Å². The van der Waals surface area contributed by atoms with Crippen molar-refractivity contribution in [2.45, 2.75) is 211 Å². The lowest BCUT2D eigenvalue weighted by Gasteiger charge is -2.51. The third kappa shape index (κ3) is 14.6. The summed E-state index contributed by atoms with van der Waals surface area (Å²) in [7, 11) is 5.28. The van der Waals surface area contributed by atoms with Crippen molar-refractivity contribution >= 4 is 5.97 Å². The van der Waals surface area contributed by atoms with Crippen LogP contribution in [0.3, 0.4) is 0 Å². The van der Waals surface area contributed by atoms with Gasteiger partial charge in [0.25, 0.3) is 0 Å². The molecule has 3 fully saturated rings. The highest BCUT2D eigenvalue weighted by Gasteiger charge is 2.55. The summed E-state index contributed by atoms with van der Waals surface area (Å²) in [4.78, 5) is 18.6. The molecule has 406 valence electrons. The second-order valence-corrected chi connectivity index (χ2v) is 21.8. The van der Waals surface area contributed by atoms with Gasteiger partial charge in [0.2, 0.25) is 0 Å². The summed E-state index contributed by atoms with van der Waals surface area (Å²) in [5, 5.41) is 68.5. The Morgan fingerprint density at radius 1 is 0.958 bits per heavy atom. The number of likely N-dealkylation sites (N-methyl/N-ethyl adjacent to an activating group) is 2. The van der Waals surface area contributed by atoms with E-state index in [0.29, 0.717) is 45.3 Å². The molecule has 0 aliphatic carbocycles. The van der Waals surface area contributed by atoms with Crippen LogP contribution in [-0.2, 0) is 47.9 Å². The van der Waals surface area contributed by atoms with Gasteiger partial charge in [-0.15, -0.1) is 18.3 Å². The fraction of sp³-hybridized carbons (Fsp3) is 0.824. The summed E-state index contributed by atoms with van der Waals surface area (Å²) in [6.07, 6.45) is -8.67. The topological polar surface area (TPSA) is 211 Å². The number of halogens is 3. The summed E-state index contributed by atoms with van der Waals surface area (Å²) in [5.74, 6) is -3.51. The van der Waals surface area contributed by atoms with Crippen LogP contribution in [0.25, 0.3) is 0 Å². The maximum atomic E-state index is 14.6. The number of carbonyl (C=O) groups is 1. The van der Waals surface area contributed by atoms with E-state index in [1.54, 1.807) is 58.4 Å². The Bertz CT molecular complexity index is 1980. The minimum atomic E-state index is -4.76. The molecular formula is C51H84F3N5O12. The molecule has 1 unspecified atom stereocenters. The fourth-order valence-electron chi connectivity index (χ4n) is 11.5. The van der Waals surface area contributed by atoms with Gasteiger partial charge in [-0.05, 0) is 130 Å². The summed E-state index contributed by atoms with van der Waals surface area (Å²) in [6.45, 7) is 19.3. The first-order valence-corrected chi connectivity index (χ1v) is 25.4. The van der Waals surface area contributed by atoms with Gasteiger partial charge in [0.05, 0.1) is 47.2 Å². The number of aliphatic hydroxyl groups is 5. The number of hydrogen-bond donors (Lipinski definition) is 5. The number of methoxy groups -OCH3 is 1. The van der Waals surface area contributed by atoms with Gasteiger partial charge in [-0.25, -0.2) is 0 Å². The van der Waals surface area contributed by atoms with Crippen LogP contribution in [0.5, 0.6) is 5.75 Å². The third-order valence-electron chi connectivity index (χ3n) is 15.8. The number of aliphatic hydroxyl groups excluding tert-OH is 3. The first-order valence-electron chi connectivity index (χ1n) is 25.4. The van der Waals surface area contributed by atoms with Crippen molar-refractivity contribution in [2.75, 3.05) is 34.3 Å². The molecule has 3 aliphatic heterocycles. The van der Waals surface area contributed by atoms with Crippen molar-refractivity contribution < 1.29 is 71.9 Å². The average molecular weight is 1020 g/mol. The number of alkyl halides is 3. The molecule has 5 rings (SSSR count). The molecule has 3 aliphatic rings. The SMILES string of the molecule is CC[C@H]1OC(=O)[C@H](C)[C@@H](C2C[C@@](C)(OC)[C@@H](O)[C@H](C)O2)[C@H](C)[C@@H](O[C@@H]2O[C@H](C)C[C@H](N(C)CCCc3cn(CCc4ccc(OC(F)(F)F)cc4)nn3)[C@H]2O)[C@](C)(O)C[C@@H](C)CN(C)[C@H](C)[C@@H](O)[C@]1(C)O. The number of ether oxygens (including phenoxy) is 6. The van der Waals surface area contributed by atoms with E-state index in [1.165, 1.54) is 26.2 Å². The number of benzene rings is 1. The lowest BCUT2D eigenvalue weighted by atomic mass is 9.68. The molecule has 0 spiro atoms. The highest BCUT2D eigenvalue weighted by molar-refractivity contribution is 5.73. The average Bonchev–Trinajstić information content (AvgIpc) is 3.75. The van der Waals surface area contributed by atoms with Gasteiger partial charge in [0.1, 0.15) is 35.8 Å². The Kier molecular flexibility index (Phi) is 20.0. The Morgan fingerprint density at radius 3 is 2.24 bits per heavy atom. The van der Waals surface area contributed by atoms with Crippen molar-refractivity contribution in [3.05, 3.63) is 41.7 Å². The van der Waals surface area contributed by atoms with E-state index in [0.717, 1.165) is 11.3 Å². The minimum absolute atomic E-state index is 0.174. The van der Waals surface area contributed by atoms with Crippen molar-refractivity contribution in [2.24, 2.45) is 23.7 Å². The number of cyclic esters (lactones) is 1. The van der Waals surface area contributed by atoms with E-state index in [9.17, 15) is 43.5 Å². The van der Waals surface area contributed by atoms with Gasteiger partial charge in [-0.3, -0.25) is 9.48 Å². The molecule has 0 amide bonds. The first-order chi connectivity index (χ1) is 33.0. The minimum Gasteiger partial charge on any atom is -0.459 e. The lowest BCUT2D eigenvalue weighted by molar-refractivity contribution is -0.303. The molecule has 71 heavy (non-hydrogen) atoms. The molecule has 18 atom stereocenters. The third-order valence-corrected chi connectivity index (χ3v) is 15.8. The fourth-order valence-corrected chi connectivity index (χ4v) is 11.5. The number of nitrogens with zero attached hydrogens (tertiary/aromatic N) is 5. The second-order valence-electron chi connectivity index (χ2n) is 21.8. The van der Waals surface area contributed by atoms with E-state index in [1.807, 2.05) is 46.0 Å². The number of rotatable bonds is 14. The summed E-state index contributed by atoms with van der Waals surface area (Å²) in [5.41, 5.74) is -2.92. The van der Waals surface area contributed by atoms with E-state index in [2.05, 4.69) is 19.9 Å². The molecule has 1 aromatic heterocycles. The van der Waals surface area contributed by atoms with Crippen molar-refractivity contribution in [1.29, 1.82) is 0 Å². The molecule has 1 aromatic carbocycles. The molecule has 0 saturated carbocycles. The molecule has 3 saturated heterocycles. The van der Waals surface area contributed by atoms with E-state index >= 15 is 0 Å². The molecule has 2 aromatic rings. The first kappa shape index (κ1) is 58.9. The van der Waals surface area contributed by atoms with Crippen LogP contribution in [0, 0.1) is 23.7 Å². The summed E-state index contributed by atoms with van der Waals surface area (Å²) < 4.78 is 75.4. The van der Waals surface area contributed by atoms with Gasteiger partial charge < -0.3 is 63.8 Å². The van der Waals surface area contributed by atoms with E-state index in [4.69, 9.17) is 23.7 Å². The van der Waals surface area contributed by atoms with Crippen LogP contribution in [0.15, 0.2) is 30.5 Å².